The minimum atomic E-state index is -0.448. The van der Waals surface area contributed by atoms with Crippen LogP contribution in [-0.2, 0) is 9.53 Å². The minimum Gasteiger partial charge on any atom is -0.491 e. The fourth-order valence-electron chi connectivity index (χ4n) is 3.67. The molecular weight excluding hydrogens is 408 g/mol. The van der Waals surface area contributed by atoms with Crippen molar-refractivity contribution in [3.05, 3.63) is 18.2 Å². The average molecular weight is 449 g/mol. The van der Waals surface area contributed by atoms with Crippen molar-refractivity contribution in [1.82, 2.24) is 4.90 Å². The van der Waals surface area contributed by atoms with Crippen molar-refractivity contribution in [2.24, 2.45) is 5.92 Å². The first-order valence-electron chi connectivity index (χ1n) is 11.9. The second-order valence-electron chi connectivity index (χ2n) is 9.53. The Kier molecular flexibility index (Phi) is 10.1. The van der Waals surface area contributed by atoms with Crippen LogP contribution in [0.4, 0.5) is 10.5 Å². The Morgan fingerprint density at radius 1 is 1.12 bits per heavy atom. The van der Waals surface area contributed by atoms with Crippen molar-refractivity contribution in [3.8, 4) is 11.5 Å². The summed E-state index contributed by atoms with van der Waals surface area (Å²) in [5, 5.41) is 0. The molecule has 1 aliphatic heterocycles. The number of piperidine rings is 1. The maximum Gasteiger partial charge on any atom is 0.410 e. The fourth-order valence-corrected chi connectivity index (χ4v) is 3.67. The quantitative estimate of drug-likeness (QED) is 0.218. The van der Waals surface area contributed by atoms with E-state index in [0.717, 1.165) is 58.0 Å². The molecule has 7 nitrogen and oxygen atoms in total. The number of amides is 1. The Labute approximate surface area is 192 Å². The Morgan fingerprint density at radius 3 is 2.47 bits per heavy atom. The predicted molar refractivity (Wildman–Crippen MR) is 126 cm³/mol. The van der Waals surface area contributed by atoms with Crippen LogP contribution in [0.5, 0.6) is 11.5 Å². The highest BCUT2D eigenvalue weighted by Gasteiger charge is 2.26. The lowest BCUT2D eigenvalue weighted by atomic mass is 9.92. The van der Waals surface area contributed by atoms with Gasteiger partial charge in [-0.1, -0.05) is 19.8 Å². The standard InChI is InChI=1S/C25H40N2O5/c1-5-6-10-23(28)31-20-11-12-22(21(26)18-20)30-17-8-7-9-19-13-15-27(16-14-19)24(29)32-25(2,3)4/h11-12,18-19H,5-10,13-17,26H2,1-4H3. The average Bonchev–Trinajstić information content (AvgIpc) is 2.72. The molecule has 180 valence electrons. The molecule has 1 amide bonds. The Hall–Kier alpha value is -2.44. The van der Waals surface area contributed by atoms with E-state index in [-0.39, 0.29) is 12.1 Å². The zero-order chi connectivity index (χ0) is 23.6. The Balaban J connectivity index is 1.62. The van der Waals surface area contributed by atoms with Crippen molar-refractivity contribution in [2.75, 3.05) is 25.4 Å². The predicted octanol–water partition coefficient (Wildman–Crippen LogP) is 5.56. The fraction of sp³-hybridized carbons (Fsp3) is 0.680. The zero-order valence-corrected chi connectivity index (χ0v) is 20.2. The number of hydrogen-bond donors (Lipinski definition) is 1. The SMILES string of the molecule is CCCCC(=O)Oc1ccc(OCCCCC2CCN(C(=O)OC(C)(C)C)CC2)c(N)c1. The number of nitrogen functional groups attached to an aromatic ring is 1. The molecule has 0 aliphatic carbocycles. The van der Waals surface area contributed by atoms with E-state index in [2.05, 4.69) is 0 Å². The van der Waals surface area contributed by atoms with Crippen molar-refractivity contribution < 1.29 is 23.8 Å². The summed E-state index contributed by atoms with van der Waals surface area (Å²) in [4.78, 5) is 25.7. The molecule has 1 heterocycles. The van der Waals surface area contributed by atoms with E-state index in [4.69, 9.17) is 19.9 Å². The van der Waals surface area contributed by atoms with Gasteiger partial charge in [-0.15, -0.1) is 0 Å². The van der Waals surface area contributed by atoms with Crippen LogP contribution < -0.4 is 15.2 Å². The van der Waals surface area contributed by atoms with Crippen LogP contribution >= 0.6 is 0 Å². The molecule has 1 fully saturated rings. The summed E-state index contributed by atoms with van der Waals surface area (Å²) < 4.78 is 16.6. The molecule has 1 aliphatic rings. The summed E-state index contributed by atoms with van der Waals surface area (Å²) in [5.74, 6) is 1.47. The monoisotopic (exact) mass is 448 g/mol. The van der Waals surface area contributed by atoms with Crippen molar-refractivity contribution in [3.63, 3.8) is 0 Å². The Bertz CT molecular complexity index is 736. The summed E-state index contributed by atoms with van der Waals surface area (Å²) in [6.45, 7) is 9.84. The number of esters is 1. The summed E-state index contributed by atoms with van der Waals surface area (Å²) >= 11 is 0. The molecule has 0 spiro atoms. The molecule has 0 atom stereocenters. The number of rotatable bonds is 10. The summed E-state index contributed by atoms with van der Waals surface area (Å²) in [6.07, 6.45) is 7.17. The number of hydrogen-bond acceptors (Lipinski definition) is 6. The van der Waals surface area contributed by atoms with Crippen molar-refractivity contribution in [1.29, 1.82) is 0 Å². The number of anilines is 1. The van der Waals surface area contributed by atoms with E-state index < -0.39 is 5.60 Å². The van der Waals surface area contributed by atoms with Gasteiger partial charge in [0.15, 0.2) is 0 Å². The van der Waals surface area contributed by atoms with Gasteiger partial charge in [0.05, 0.1) is 12.3 Å². The van der Waals surface area contributed by atoms with Gasteiger partial charge < -0.3 is 24.8 Å². The highest BCUT2D eigenvalue weighted by Crippen LogP contribution is 2.28. The van der Waals surface area contributed by atoms with Crippen molar-refractivity contribution >= 4 is 17.7 Å². The lowest BCUT2D eigenvalue weighted by molar-refractivity contribution is -0.134. The van der Waals surface area contributed by atoms with Crippen LogP contribution in [0, 0.1) is 5.92 Å². The van der Waals surface area contributed by atoms with Crippen LogP contribution in [0.1, 0.15) is 79.1 Å². The topological polar surface area (TPSA) is 91.1 Å². The highest BCUT2D eigenvalue weighted by atomic mass is 16.6. The maximum absolute atomic E-state index is 12.1. The number of nitrogens with zero attached hydrogens (tertiary/aromatic N) is 1. The summed E-state index contributed by atoms with van der Waals surface area (Å²) in [5.41, 5.74) is 6.07. The van der Waals surface area contributed by atoms with E-state index >= 15 is 0 Å². The van der Waals surface area contributed by atoms with Gasteiger partial charge in [0.1, 0.15) is 17.1 Å². The number of unbranched alkanes of at least 4 members (excludes halogenated alkanes) is 2. The second-order valence-corrected chi connectivity index (χ2v) is 9.53. The zero-order valence-electron chi connectivity index (χ0n) is 20.2. The summed E-state index contributed by atoms with van der Waals surface area (Å²) in [7, 11) is 0. The number of nitrogens with two attached hydrogens (primary N) is 1. The first-order chi connectivity index (χ1) is 15.2. The molecule has 0 radical (unpaired) electrons. The van der Waals surface area contributed by atoms with Crippen LogP contribution in [-0.4, -0.2) is 42.3 Å². The Morgan fingerprint density at radius 2 is 1.84 bits per heavy atom. The third-order valence-corrected chi connectivity index (χ3v) is 5.48. The van der Waals surface area contributed by atoms with Crippen LogP contribution in [0.2, 0.25) is 0 Å². The van der Waals surface area contributed by atoms with Crippen LogP contribution in [0.3, 0.4) is 0 Å². The van der Waals surface area contributed by atoms with Crippen LogP contribution in [0.25, 0.3) is 0 Å². The lowest BCUT2D eigenvalue weighted by Gasteiger charge is -2.33. The van der Waals surface area contributed by atoms with E-state index in [1.165, 1.54) is 0 Å². The largest absolute Gasteiger partial charge is 0.491 e. The number of ether oxygens (including phenoxy) is 3. The van der Waals surface area contributed by atoms with Crippen molar-refractivity contribution in [2.45, 2.75) is 84.7 Å². The van der Waals surface area contributed by atoms with E-state index in [0.29, 0.717) is 36.1 Å². The molecule has 1 saturated heterocycles. The molecule has 2 N–H and O–H groups in total. The maximum atomic E-state index is 12.1. The molecule has 0 aromatic heterocycles. The van der Waals surface area contributed by atoms with Gasteiger partial charge in [-0.2, -0.15) is 0 Å². The van der Waals surface area contributed by atoms with Gasteiger partial charge in [0.25, 0.3) is 0 Å². The van der Waals surface area contributed by atoms with E-state index in [1.54, 1.807) is 18.2 Å². The van der Waals surface area contributed by atoms with Gasteiger partial charge in [0, 0.05) is 25.6 Å². The molecule has 2 rings (SSSR count). The smallest absolute Gasteiger partial charge is 0.410 e. The number of carbonyl (C=O) groups excluding carboxylic acids is 2. The second kappa shape index (κ2) is 12.6. The molecular formula is C25H40N2O5. The molecule has 1 aromatic carbocycles. The molecule has 7 heteroatoms. The first kappa shape index (κ1) is 25.8. The van der Waals surface area contributed by atoms with Gasteiger partial charge in [0.2, 0.25) is 0 Å². The number of likely N-dealkylation sites (tertiary alicyclic amines) is 1. The first-order valence-corrected chi connectivity index (χ1v) is 11.9. The molecule has 0 bridgehead atoms. The van der Waals surface area contributed by atoms with E-state index in [9.17, 15) is 9.59 Å². The normalized spacial score (nSPS) is 14.8. The molecule has 1 aromatic rings. The van der Waals surface area contributed by atoms with E-state index in [1.807, 2.05) is 32.6 Å². The van der Waals surface area contributed by atoms with Gasteiger partial charge in [-0.05, 0) is 70.9 Å². The molecule has 0 unspecified atom stereocenters. The van der Waals surface area contributed by atoms with Gasteiger partial charge in [-0.3, -0.25) is 4.79 Å². The minimum absolute atomic E-state index is 0.205. The number of carbonyl (C=O) groups is 2. The number of benzene rings is 1. The highest BCUT2D eigenvalue weighted by molar-refractivity contribution is 5.73. The summed E-state index contributed by atoms with van der Waals surface area (Å²) in [6, 6.07) is 5.11. The van der Waals surface area contributed by atoms with Crippen LogP contribution in [0.15, 0.2) is 18.2 Å². The van der Waals surface area contributed by atoms with Gasteiger partial charge >= 0.3 is 12.1 Å². The third kappa shape index (κ3) is 9.37. The lowest BCUT2D eigenvalue weighted by Crippen LogP contribution is -2.41. The molecule has 32 heavy (non-hydrogen) atoms. The molecule has 0 saturated carbocycles. The van der Waals surface area contributed by atoms with Gasteiger partial charge in [-0.25, -0.2) is 4.79 Å². The third-order valence-electron chi connectivity index (χ3n) is 5.48.